The summed E-state index contributed by atoms with van der Waals surface area (Å²) in [5.41, 5.74) is 0. The average Bonchev–Trinajstić information content (AvgIpc) is 2.30. The van der Waals surface area contributed by atoms with E-state index in [1.165, 1.54) is 0 Å². The van der Waals surface area contributed by atoms with Crippen LogP contribution in [0.5, 0.6) is 0 Å². The molecule has 1 N–H and O–H groups in total. The van der Waals surface area contributed by atoms with Gasteiger partial charge in [0.25, 0.3) is 0 Å². The summed E-state index contributed by atoms with van der Waals surface area (Å²) in [6, 6.07) is 0.492. The number of nitrogens with zero attached hydrogens (tertiary/aromatic N) is 1. The van der Waals surface area contributed by atoms with Gasteiger partial charge in [-0.15, -0.1) is 0 Å². The molecule has 1 amide bonds. The van der Waals surface area contributed by atoms with Crippen molar-refractivity contribution in [2.75, 3.05) is 19.6 Å². The van der Waals surface area contributed by atoms with Crippen molar-refractivity contribution in [3.05, 3.63) is 0 Å². The van der Waals surface area contributed by atoms with Gasteiger partial charge in [-0.1, -0.05) is 6.92 Å². The van der Waals surface area contributed by atoms with Gasteiger partial charge in [0.15, 0.2) is 0 Å². The van der Waals surface area contributed by atoms with Crippen LogP contribution in [0.2, 0.25) is 0 Å². The standard InChI is InChI=1S/C8H14N2O/c1-6-4-7-5-9-2-3-10(7)8(6)11/h6-7,9H,2-5H2,1H3/t6-,7-/m0/s1. The van der Waals surface area contributed by atoms with Gasteiger partial charge < -0.3 is 10.2 Å². The SMILES string of the molecule is C[C@H]1C[C@H]2CNCCN2C1=O. The maximum atomic E-state index is 11.4. The molecule has 2 aliphatic rings. The minimum Gasteiger partial charge on any atom is -0.337 e. The number of carbonyl (C=O) groups excluding carboxylic acids is 1. The number of hydrogen-bond acceptors (Lipinski definition) is 2. The number of piperazine rings is 1. The summed E-state index contributed by atoms with van der Waals surface area (Å²) in [5, 5.41) is 3.30. The third-order valence-electron chi connectivity index (χ3n) is 2.68. The van der Waals surface area contributed by atoms with Crippen LogP contribution in [0, 0.1) is 5.92 Å². The van der Waals surface area contributed by atoms with Gasteiger partial charge in [0.1, 0.15) is 0 Å². The van der Waals surface area contributed by atoms with E-state index in [0.29, 0.717) is 11.9 Å². The van der Waals surface area contributed by atoms with Crippen LogP contribution in [0.1, 0.15) is 13.3 Å². The second kappa shape index (κ2) is 2.48. The van der Waals surface area contributed by atoms with Gasteiger partial charge in [-0.2, -0.15) is 0 Å². The third-order valence-corrected chi connectivity index (χ3v) is 2.68. The number of hydrogen-bond donors (Lipinski definition) is 1. The van der Waals surface area contributed by atoms with Gasteiger partial charge in [-0.05, 0) is 6.42 Å². The highest BCUT2D eigenvalue weighted by Gasteiger charge is 2.37. The molecule has 2 atom stereocenters. The summed E-state index contributed by atoms with van der Waals surface area (Å²) < 4.78 is 0. The van der Waals surface area contributed by atoms with Crippen molar-refractivity contribution in [2.45, 2.75) is 19.4 Å². The Balaban J connectivity index is 2.11. The van der Waals surface area contributed by atoms with Crippen LogP contribution in [0.25, 0.3) is 0 Å². The Labute approximate surface area is 66.8 Å². The van der Waals surface area contributed by atoms with Crippen LogP contribution in [-0.4, -0.2) is 36.5 Å². The molecule has 0 unspecified atom stereocenters. The quantitative estimate of drug-likeness (QED) is 0.525. The molecule has 0 radical (unpaired) electrons. The fraction of sp³-hybridized carbons (Fsp3) is 0.875. The number of nitrogens with one attached hydrogen (secondary N) is 1. The first-order valence-electron chi connectivity index (χ1n) is 4.30. The van der Waals surface area contributed by atoms with Crippen LogP contribution in [0.4, 0.5) is 0 Å². The molecule has 0 aliphatic carbocycles. The van der Waals surface area contributed by atoms with E-state index in [0.717, 1.165) is 26.1 Å². The minimum absolute atomic E-state index is 0.264. The molecule has 2 aliphatic heterocycles. The first kappa shape index (κ1) is 7.10. The molecule has 0 spiro atoms. The van der Waals surface area contributed by atoms with E-state index in [2.05, 4.69) is 5.32 Å². The van der Waals surface area contributed by atoms with Gasteiger partial charge in [-0.3, -0.25) is 4.79 Å². The van der Waals surface area contributed by atoms with E-state index in [4.69, 9.17) is 0 Å². The van der Waals surface area contributed by atoms with E-state index in [-0.39, 0.29) is 5.92 Å². The molecule has 3 heteroatoms. The first-order chi connectivity index (χ1) is 5.29. The summed E-state index contributed by atoms with van der Waals surface area (Å²) in [4.78, 5) is 13.5. The molecule has 3 nitrogen and oxygen atoms in total. The zero-order valence-electron chi connectivity index (χ0n) is 6.84. The summed E-state index contributed by atoms with van der Waals surface area (Å²) in [5.74, 6) is 0.622. The predicted octanol–water partition coefficient (Wildman–Crippen LogP) is -0.173. The predicted molar refractivity (Wildman–Crippen MR) is 42.2 cm³/mol. The van der Waals surface area contributed by atoms with Crippen LogP contribution in [-0.2, 0) is 4.79 Å². The lowest BCUT2D eigenvalue weighted by atomic mass is 10.1. The van der Waals surface area contributed by atoms with Crippen molar-refractivity contribution in [3.63, 3.8) is 0 Å². The maximum Gasteiger partial charge on any atom is 0.225 e. The van der Waals surface area contributed by atoms with Crippen LogP contribution in [0.3, 0.4) is 0 Å². The summed E-state index contributed by atoms with van der Waals surface area (Å²) in [7, 11) is 0. The Morgan fingerprint density at radius 1 is 1.64 bits per heavy atom. The highest BCUT2D eigenvalue weighted by molar-refractivity contribution is 5.81. The highest BCUT2D eigenvalue weighted by Crippen LogP contribution is 2.24. The third kappa shape index (κ3) is 1.03. The topological polar surface area (TPSA) is 32.3 Å². The van der Waals surface area contributed by atoms with Crippen molar-refractivity contribution in [1.82, 2.24) is 10.2 Å². The van der Waals surface area contributed by atoms with E-state index in [9.17, 15) is 4.79 Å². The summed E-state index contributed by atoms with van der Waals surface area (Å²) >= 11 is 0. The van der Waals surface area contributed by atoms with Gasteiger partial charge in [-0.25, -0.2) is 0 Å². The molecule has 2 fully saturated rings. The second-order valence-corrected chi connectivity index (χ2v) is 3.53. The van der Waals surface area contributed by atoms with E-state index < -0.39 is 0 Å². The van der Waals surface area contributed by atoms with Crippen LogP contribution in [0.15, 0.2) is 0 Å². The zero-order valence-corrected chi connectivity index (χ0v) is 6.84. The molecule has 0 aromatic rings. The molecular formula is C8H14N2O. The largest absolute Gasteiger partial charge is 0.337 e. The Kier molecular flexibility index (Phi) is 1.60. The van der Waals surface area contributed by atoms with Gasteiger partial charge >= 0.3 is 0 Å². The number of amides is 1. The molecule has 0 aromatic carbocycles. The average molecular weight is 154 g/mol. The maximum absolute atomic E-state index is 11.4. The molecule has 2 saturated heterocycles. The summed E-state index contributed by atoms with van der Waals surface area (Å²) in [6.45, 7) is 4.90. The van der Waals surface area contributed by atoms with Crippen molar-refractivity contribution >= 4 is 5.91 Å². The lowest BCUT2D eigenvalue weighted by Crippen LogP contribution is -2.49. The number of fused-ring (bicyclic) bond motifs is 1. The fourth-order valence-electron chi connectivity index (χ4n) is 2.05. The first-order valence-corrected chi connectivity index (χ1v) is 4.30. The zero-order chi connectivity index (χ0) is 7.84. The molecule has 0 saturated carbocycles. The van der Waals surface area contributed by atoms with Crippen molar-refractivity contribution in [3.8, 4) is 0 Å². The van der Waals surface area contributed by atoms with E-state index >= 15 is 0 Å². The number of carbonyl (C=O) groups is 1. The van der Waals surface area contributed by atoms with E-state index in [1.54, 1.807) is 0 Å². The highest BCUT2D eigenvalue weighted by atomic mass is 16.2. The van der Waals surface area contributed by atoms with E-state index in [1.807, 2.05) is 11.8 Å². The minimum atomic E-state index is 0.264. The normalized spacial score (nSPS) is 37.5. The molecule has 11 heavy (non-hydrogen) atoms. The molecule has 0 aromatic heterocycles. The van der Waals surface area contributed by atoms with Gasteiger partial charge in [0.05, 0.1) is 0 Å². The van der Waals surface area contributed by atoms with Gasteiger partial charge in [0.2, 0.25) is 5.91 Å². The monoisotopic (exact) mass is 154 g/mol. The Morgan fingerprint density at radius 2 is 2.45 bits per heavy atom. The van der Waals surface area contributed by atoms with Crippen molar-refractivity contribution in [2.24, 2.45) is 5.92 Å². The van der Waals surface area contributed by atoms with Crippen LogP contribution >= 0.6 is 0 Å². The van der Waals surface area contributed by atoms with Gasteiger partial charge in [0, 0.05) is 31.6 Å². The molecule has 0 bridgehead atoms. The number of rotatable bonds is 0. The smallest absolute Gasteiger partial charge is 0.225 e. The van der Waals surface area contributed by atoms with Crippen LogP contribution < -0.4 is 5.32 Å². The lowest BCUT2D eigenvalue weighted by Gasteiger charge is -2.29. The Morgan fingerprint density at radius 3 is 3.18 bits per heavy atom. The molecule has 2 rings (SSSR count). The molecular weight excluding hydrogens is 140 g/mol. The Bertz CT molecular complexity index is 181. The fourth-order valence-corrected chi connectivity index (χ4v) is 2.05. The summed E-state index contributed by atoms with van der Waals surface area (Å²) in [6.07, 6.45) is 1.05. The second-order valence-electron chi connectivity index (χ2n) is 3.53. The Hall–Kier alpha value is -0.570. The molecule has 62 valence electrons. The lowest BCUT2D eigenvalue weighted by molar-refractivity contribution is -0.132. The van der Waals surface area contributed by atoms with Crippen molar-refractivity contribution in [1.29, 1.82) is 0 Å². The van der Waals surface area contributed by atoms with Crippen molar-refractivity contribution < 1.29 is 4.79 Å². The molecule has 2 heterocycles.